The number of ether oxygens (including phenoxy) is 6. The Hall–Kier alpha value is -5.69. The monoisotopic (exact) mass is 1170 g/mol. The molecule has 1 amide bonds. The van der Waals surface area contributed by atoms with Crippen molar-refractivity contribution in [1.82, 2.24) is 5.32 Å². The van der Waals surface area contributed by atoms with Gasteiger partial charge in [-0.3, -0.25) is 4.79 Å². The molecule has 2 fully saturated rings. The zero-order valence-corrected chi connectivity index (χ0v) is 48.8. The maximum Gasteiger partial charge on any atom is 0.407 e. The van der Waals surface area contributed by atoms with E-state index in [1.54, 1.807) is 51.2 Å². The Morgan fingerprint density at radius 3 is 1.87 bits per heavy atom. The quantitative estimate of drug-likeness (QED) is 0.0887. The lowest BCUT2D eigenvalue weighted by molar-refractivity contribution is -0.313. The molecular formula is C64H88N2O18. The van der Waals surface area contributed by atoms with Crippen molar-refractivity contribution >= 4 is 18.3 Å². The normalized spacial score (nSPS) is 38.4. The van der Waals surface area contributed by atoms with Crippen LogP contribution in [0.2, 0.25) is 0 Å². The zero-order valence-electron chi connectivity index (χ0n) is 48.8. The predicted octanol–water partition coefficient (Wildman–Crippen LogP) is 5.49. The molecule has 2 aromatic rings. The van der Waals surface area contributed by atoms with Crippen molar-refractivity contribution in [2.75, 3.05) is 20.8 Å². The maximum atomic E-state index is 13.6. The highest BCUT2D eigenvalue weighted by Crippen LogP contribution is 2.45. The van der Waals surface area contributed by atoms with Gasteiger partial charge < -0.3 is 84.5 Å². The number of rotatable bonds is 8. The van der Waals surface area contributed by atoms with Crippen LogP contribution < -0.4 is 5.32 Å². The number of alkyl carbamates (subject to hydrolysis) is 1. The number of nitrogens with zero attached hydrogens (tertiary/aromatic N) is 1. The molecule has 462 valence electrons. The minimum Gasteiger partial charge on any atom is -0.462 e. The number of benzene rings is 2. The van der Waals surface area contributed by atoms with Gasteiger partial charge in [0.1, 0.15) is 32.0 Å². The van der Waals surface area contributed by atoms with E-state index in [2.05, 4.69) is 10.5 Å². The molecule has 0 radical (unpaired) electrons. The molecule has 6 rings (SSSR count). The second kappa shape index (κ2) is 33.3. The summed E-state index contributed by atoms with van der Waals surface area (Å²) in [5.41, 5.74) is 4.11. The van der Waals surface area contributed by atoms with Crippen LogP contribution in [0.5, 0.6) is 0 Å². The molecule has 3 aliphatic heterocycles. The first-order valence-electron chi connectivity index (χ1n) is 29.0. The van der Waals surface area contributed by atoms with Crippen LogP contribution in [0, 0.1) is 17.8 Å². The van der Waals surface area contributed by atoms with E-state index in [0.29, 0.717) is 0 Å². The van der Waals surface area contributed by atoms with E-state index in [1.165, 1.54) is 20.4 Å². The number of aliphatic hydroxyl groups is 9. The smallest absolute Gasteiger partial charge is 0.407 e. The van der Waals surface area contributed by atoms with Crippen molar-refractivity contribution in [2.45, 2.75) is 182 Å². The Morgan fingerprint density at radius 2 is 1.26 bits per heavy atom. The molecule has 2 aromatic carbocycles. The number of fused-ring (bicyclic) bond motifs is 5. The molecule has 10 N–H and O–H groups in total. The lowest BCUT2D eigenvalue weighted by atomic mass is 9.83. The molecule has 20 nitrogen and oxygen atoms in total. The van der Waals surface area contributed by atoms with E-state index in [-0.39, 0.29) is 63.4 Å². The van der Waals surface area contributed by atoms with Gasteiger partial charge in [0, 0.05) is 50.5 Å². The van der Waals surface area contributed by atoms with Crippen molar-refractivity contribution in [3.05, 3.63) is 145 Å². The van der Waals surface area contributed by atoms with Gasteiger partial charge in [-0.1, -0.05) is 153 Å². The number of nitrogens with one attached hydrogen (secondary N) is 1. The SMILES string of the molecule is CO/N=C/[C@H]1[C@@H]2C[C@@H](O[C@@H]3O[C@H](C)[C@@H](O)[C@H](NC(=O)OCC4c5ccccc5-c5ccccc54)[C@@H]3O)/C=C/C=C/C=C/C=C/C=C/C=C/C=C/[C@H](C)[C@@H](O)[C@@H](C)[C@H](C)OC(=O)C[C@H](O)C[C@H](O)CC[C@@H](O)[C@H](O)C[C@H](O)C[C@](OC)(C[C@@H]1O)O2. The summed E-state index contributed by atoms with van der Waals surface area (Å²) < 4.78 is 36.5. The molecule has 4 aliphatic rings. The van der Waals surface area contributed by atoms with Gasteiger partial charge in [-0.05, 0) is 55.4 Å². The molecule has 0 spiro atoms. The number of hydrogen-bond donors (Lipinski definition) is 10. The summed E-state index contributed by atoms with van der Waals surface area (Å²) in [7, 11) is 2.67. The fourth-order valence-electron chi connectivity index (χ4n) is 11.1. The number of amides is 1. The molecule has 19 atom stereocenters. The van der Waals surface area contributed by atoms with Gasteiger partial charge in [0.15, 0.2) is 12.1 Å². The standard InChI is InChI=1S/C64H88N2O18/c1-39-23-17-15-13-11-9-7-8-10-12-14-16-18-24-46(83-62-61(76)58(60(75)42(4)82-62)66-63(77)80-38-52-49-27-21-19-25-47(49)48-26-20-22-28-50(48)52)34-56-51(37-65-79-6)55(72)36-64(78-5,84-56)35-45(69)32-54(71)53(70)30-29-43(67)31-44(68)33-57(73)81-41(3)40(2)59(39)74/h7-28,37,39-46,51-56,58-62,67-72,74-76H,29-36,38H2,1-6H3,(H,66,77)/b8-7+,11-9+,12-10+,15-13+,16-14+,23-17+,24-18+,65-37+/t39-,40-,41-,42+,43+,44+,45-,46-,51+,53+,54+,55-,56-,58-,59+,60+,61-,62-,64+/m0/s1. The molecular weight excluding hydrogens is 1080 g/mol. The Bertz CT molecular complexity index is 2570. The molecule has 84 heavy (non-hydrogen) atoms. The Morgan fingerprint density at radius 1 is 0.667 bits per heavy atom. The van der Waals surface area contributed by atoms with Crippen LogP contribution in [0.3, 0.4) is 0 Å². The summed E-state index contributed by atoms with van der Waals surface area (Å²) in [6.45, 7) is 6.82. The third-order valence-electron chi connectivity index (χ3n) is 16.1. The van der Waals surface area contributed by atoms with Crippen molar-refractivity contribution in [1.29, 1.82) is 0 Å². The Balaban J connectivity index is 1.22. The molecule has 3 heterocycles. The number of cyclic esters (lactones) is 1. The first-order valence-corrected chi connectivity index (χ1v) is 29.0. The molecule has 1 aliphatic carbocycles. The van der Waals surface area contributed by atoms with Crippen molar-refractivity contribution < 1.29 is 88.8 Å². The number of carbonyl (C=O) groups is 2. The second-order valence-electron chi connectivity index (χ2n) is 22.3. The summed E-state index contributed by atoms with van der Waals surface area (Å²) in [6.07, 6.45) is 6.82. The van der Waals surface area contributed by atoms with Crippen molar-refractivity contribution in [3.63, 3.8) is 0 Å². The van der Waals surface area contributed by atoms with Gasteiger partial charge in [-0.25, -0.2) is 4.79 Å². The van der Waals surface area contributed by atoms with E-state index in [1.807, 2.05) is 110 Å². The number of carbonyl (C=O) groups excluding carboxylic acids is 2. The van der Waals surface area contributed by atoms with Crippen LogP contribution in [-0.2, 0) is 38.1 Å². The van der Waals surface area contributed by atoms with Crippen LogP contribution in [-0.4, -0.2) is 183 Å². The van der Waals surface area contributed by atoms with E-state index in [0.717, 1.165) is 22.3 Å². The fourth-order valence-corrected chi connectivity index (χ4v) is 11.1. The highest BCUT2D eigenvalue weighted by atomic mass is 16.7. The molecule has 2 saturated heterocycles. The Kier molecular flexibility index (Phi) is 26.7. The van der Waals surface area contributed by atoms with Gasteiger partial charge in [-0.2, -0.15) is 0 Å². The first-order chi connectivity index (χ1) is 40.2. The molecule has 0 saturated carbocycles. The van der Waals surface area contributed by atoms with Gasteiger partial charge in [-0.15, -0.1) is 0 Å². The fraction of sp³-hybridized carbons (Fsp3) is 0.547. The second-order valence-corrected chi connectivity index (χ2v) is 22.3. The number of hydrogen-bond acceptors (Lipinski definition) is 19. The maximum absolute atomic E-state index is 13.6. The molecule has 0 unspecified atom stereocenters. The number of methoxy groups -OCH3 is 1. The minimum absolute atomic E-state index is 0.0151. The van der Waals surface area contributed by atoms with Crippen LogP contribution in [0.4, 0.5) is 4.79 Å². The lowest BCUT2D eigenvalue weighted by Crippen LogP contribution is -2.64. The van der Waals surface area contributed by atoms with Gasteiger partial charge in [0.2, 0.25) is 0 Å². The Labute approximate surface area is 492 Å². The molecule has 2 bridgehead atoms. The first kappa shape index (κ1) is 67.4. The highest BCUT2D eigenvalue weighted by Gasteiger charge is 2.50. The van der Waals surface area contributed by atoms with Crippen molar-refractivity contribution in [2.24, 2.45) is 22.9 Å². The summed E-state index contributed by atoms with van der Waals surface area (Å²) in [4.78, 5) is 31.4. The van der Waals surface area contributed by atoms with Crippen LogP contribution in [0.25, 0.3) is 11.1 Å². The number of oxime groups is 1. The summed E-state index contributed by atoms with van der Waals surface area (Å²) in [5.74, 6) is -4.25. The lowest BCUT2D eigenvalue weighted by Gasteiger charge is -2.47. The number of aliphatic hydroxyl groups excluding tert-OH is 9. The number of allylic oxidation sites excluding steroid dienone is 12. The zero-order chi connectivity index (χ0) is 60.9. The highest BCUT2D eigenvalue weighted by molar-refractivity contribution is 5.79. The minimum atomic E-state index is -1.69. The predicted molar refractivity (Wildman–Crippen MR) is 314 cm³/mol. The van der Waals surface area contributed by atoms with Gasteiger partial charge >= 0.3 is 12.1 Å². The summed E-state index contributed by atoms with van der Waals surface area (Å²) in [5, 5.41) is 108. The van der Waals surface area contributed by atoms with E-state index < -0.39 is 128 Å². The van der Waals surface area contributed by atoms with Gasteiger partial charge in [0.25, 0.3) is 0 Å². The average Bonchev–Trinajstić information content (AvgIpc) is 2.14. The van der Waals surface area contributed by atoms with E-state index in [9.17, 15) is 55.5 Å². The van der Waals surface area contributed by atoms with Crippen LogP contribution >= 0.6 is 0 Å². The summed E-state index contributed by atoms with van der Waals surface area (Å²) in [6, 6.07) is 14.5. The third kappa shape index (κ3) is 19.4. The largest absolute Gasteiger partial charge is 0.462 e. The third-order valence-corrected chi connectivity index (χ3v) is 16.1. The van der Waals surface area contributed by atoms with E-state index in [4.69, 9.17) is 33.3 Å². The van der Waals surface area contributed by atoms with Crippen LogP contribution in [0.15, 0.2) is 139 Å². The van der Waals surface area contributed by atoms with Crippen LogP contribution in [0.1, 0.15) is 96.1 Å². The van der Waals surface area contributed by atoms with Gasteiger partial charge in [0.05, 0.1) is 85.6 Å². The van der Waals surface area contributed by atoms with E-state index >= 15 is 0 Å². The summed E-state index contributed by atoms with van der Waals surface area (Å²) >= 11 is 0. The number of esters is 1. The van der Waals surface area contributed by atoms with Crippen molar-refractivity contribution in [3.8, 4) is 11.1 Å². The average molecular weight is 1170 g/mol. The molecule has 20 heteroatoms. The topological polar surface area (TPSA) is 305 Å². The molecule has 0 aromatic heterocycles.